The Morgan fingerprint density at radius 3 is 2.70 bits per heavy atom. The lowest BCUT2D eigenvalue weighted by molar-refractivity contribution is -0.387. The maximum Gasteiger partial charge on any atom is 0.306 e. The number of benzene rings is 1. The number of halogens is 1. The van der Waals surface area contributed by atoms with Gasteiger partial charge in [0.25, 0.3) is 0 Å². The molecule has 5 heteroatoms. The van der Waals surface area contributed by atoms with Gasteiger partial charge in [0, 0.05) is 17.8 Å². The molecule has 2 saturated carbocycles. The zero-order valence-corrected chi connectivity index (χ0v) is 11.3. The molecule has 1 aromatic carbocycles. The summed E-state index contributed by atoms with van der Waals surface area (Å²) in [6, 6.07) is 4.42. The summed E-state index contributed by atoms with van der Waals surface area (Å²) in [6.45, 7) is 0. The quantitative estimate of drug-likeness (QED) is 0.666. The fraction of sp³-hybridized carbons (Fsp3) is 0.600. The first-order valence-corrected chi connectivity index (χ1v) is 7.34. The zero-order valence-electron chi connectivity index (χ0n) is 11.3. The van der Waals surface area contributed by atoms with Crippen molar-refractivity contribution in [3.63, 3.8) is 0 Å². The molecule has 2 aliphatic carbocycles. The van der Waals surface area contributed by atoms with Gasteiger partial charge in [0.2, 0.25) is 5.82 Å². The van der Waals surface area contributed by atoms with Gasteiger partial charge in [0.1, 0.15) is 0 Å². The molecule has 0 saturated heterocycles. The highest BCUT2D eigenvalue weighted by Crippen LogP contribution is 2.44. The van der Waals surface area contributed by atoms with Gasteiger partial charge < -0.3 is 5.32 Å². The highest BCUT2D eigenvalue weighted by molar-refractivity contribution is 5.52. The summed E-state index contributed by atoms with van der Waals surface area (Å²) in [5.41, 5.74) is 0.198. The van der Waals surface area contributed by atoms with Gasteiger partial charge >= 0.3 is 5.69 Å². The Morgan fingerprint density at radius 2 is 2.00 bits per heavy atom. The van der Waals surface area contributed by atoms with Crippen LogP contribution in [0.5, 0.6) is 0 Å². The molecule has 1 aromatic rings. The summed E-state index contributed by atoms with van der Waals surface area (Å²) >= 11 is 0. The number of anilines is 1. The number of nitrogens with one attached hydrogen (secondary N) is 1. The van der Waals surface area contributed by atoms with Crippen LogP contribution in [0.3, 0.4) is 0 Å². The third-order valence-electron chi connectivity index (χ3n) is 4.52. The van der Waals surface area contributed by atoms with Crippen molar-refractivity contribution in [2.45, 2.75) is 44.6 Å². The van der Waals surface area contributed by atoms with Crippen LogP contribution in [0.25, 0.3) is 0 Å². The molecule has 20 heavy (non-hydrogen) atoms. The van der Waals surface area contributed by atoms with E-state index < -0.39 is 16.4 Å². The van der Waals surface area contributed by atoms with Gasteiger partial charge in [-0.3, -0.25) is 10.1 Å². The van der Waals surface area contributed by atoms with Crippen molar-refractivity contribution >= 4 is 11.4 Å². The summed E-state index contributed by atoms with van der Waals surface area (Å²) in [4.78, 5) is 10.1. The normalized spacial score (nSPS) is 26.2. The predicted octanol–water partition coefficient (Wildman–Crippen LogP) is 4.11. The van der Waals surface area contributed by atoms with E-state index in [0.29, 0.717) is 11.7 Å². The molecule has 4 nitrogen and oxygen atoms in total. The highest BCUT2D eigenvalue weighted by atomic mass is 19.1. The lowest BCUT2D eigenvalue weighted by Crippen LogP contribution is -2.28. The number of nitro groups is 1. The minimum atomic E-state index is -0.778. The van der Waals surface area contributed by atoms with E-state index in [9.17, 15) is 14.5 Å². The van der Waals surface area contributed by atoms with E-state index in [2.05, 4.69) is 5.32 Å². The molecular formula is C15H19FN2O2. The Hall–Kier alpha value is -1.65. The maximum absolute atomic E-state index is 13.3. The van der Waals surface area contributed by atoms with Crippen molar-refractivity contribution in [2.75, 3.05) is 5.32 Å². The molecule has 0 heterocycles. The van der Waals surface area contributed by atoms with Gasteiger partial charge in [-0.1, -0.05) is 12.8 Å². The maximum atomic E-state index is 13.3. The fourth-order valence-corrected chi connectivity index (χ4v) is 3.33. The number of nitrogens with zero attached hydrogens (tertiary/aromatic N) is 1. The first-order valence-electron chi connectivity index (χ1n) is 7.34. The summed E-state index contributed by atoms with van der Waals surface area (Å²) in [7, 11) is 0. The molecule has 2 atom stereocenters. The summed E-state index contributed by atoms with van der Waals surface area (Å²) in [6.07, 6.45) is 7.47. The Balaban J connectivity index is 1.67. The first kappa shape index (κ1) is 13.3. The summed E-state index contributed by atoms with van der Waals surface area (Å²) in [5.74, 6) is 0.930. The topological polar surface area (TPSA) is 55.2 Å². The van der Waals surface area contributed by atoms with Crippen molar-refractivity contribution in [1.29, 1.82) is 0 Å². The third kappa shape index (κ3) is 2.92. The molecule has 108 valence electrons. The third-order valence-corrected chi connectivity index (χ3v) is 4.52. The molecule has 0 aromatic heterocycles. The fourth-order valence-electron chi connectivity index (χ4n) is 3.33. The Labute approximate surface area is 117 Å². The van der Waals surface area contributed by atoms with Gasteiger partial charge in [0.05, 0.1) is 4.92 Å². The van der Waals surface area contributed by atoms with Crippen molar-refractivity contribution in [1.82, 2.24) is 0 Å². The van der Waals surface area contributed by atoms with Crippen LogP contribution in [-0.4, -0.2) is 11.0 Å². The van der Waals surface area contributed by atoms with E-state index in [1.807, 2.05) is 0 Å². The molecule has 1 N–H and O–H groups in total. The highest BCUT2D eigenvalue weighted by Gasteiger charge is 2.34. The minimum Gasteiger partial charge on any atom is -0.382 e. The van der Waals surface area contributed by atoms with E-state index in [0.717, 1.165) is 24.7 Å². The molecule has 2 aliphatic rings. The smallest absolute Gasteiger partial charge is 0.306 e. The van der Waals surface area contributed by atoms with Crippen molar-refractivity contribution in [3.05, 3.63) is 34.1 Å². The van der Waals surface area contributed by atoms with Crippen molar-refractivity contribution < 1.29 is 9.31 Å². The largest absolute Gasteiger partial charge is 0.382 e. The van der Waals surface area contributed by atoms with Crippen molar-refractivity contribution in [3.8, 4) is 0 Å². The average Bonchev–Trinajstić information content (AvgIpc) is 3.25. The van der Waals surface area contributed by atoms with Crippen LogP contribution in [0.1, 0.15) is 38.5 Å². The van der Waals surface area contributed by atoms with Crippen molar-refractivity contribution in [2.24, 2.45) is 11.8 Å². The minimum absolute atomic E-state index is 0.361. The second-order valence-corrected chi connectivity index (χ2v) is 6.03. The first-order chi connectivity index (χ1) is 9.63. The molecular weight excluding hydrogens is 259 g/mol. The number of nitro benzene ring substituents is 1. The van der Waals surface area contributed by atoms with Crippen LogP contribution in [0.2, 0.25) is 0 Å². The molecule has 0 radical (unpaired) electrons. The van der Waals surface area contributed by atoms with Crippen LogP contribution in [0, 0.1) is 27.8 Å². The summed E-state index contributed by atoms with van der Waals surface area (Å²) < 4.78 is 13.3. The van der Waals surface area contributed by atoms with Gasteiger partial charge in [0.15, 0.2) is 0 Å². The monoisotopic (exact) mass is 278 g/mol. The average molecular weight is 278 g/mol. The second-order valence-electron chi connectivity index (χ2n) is 6.03. The van der Waals surface area contributed by atoms with E-state index in [4.69, 9.17) is 0 Å². The number of hydrogen-bond acceptors (Lipinski definition) is 3. The molecule has 0 aliphatic heterocycles. The Kier molecular flexibility index (Phi) is 3.59. The Morgan fingerprint density at radius 1 is 1.20 bits per heavy atom. The van der Waals surface area contributed by atoms with Crippen LogP contribution >= 0.6 is 0 Å². The lowest BCUT2D eigenvalue weighted by atomic mass is 9.82. The van der Waals surface area contributed by atoms with E-state index >= 15 is 0 Å². The summed E-state index contributed by atoms with van der Waals surface area (Å²) in [5, 5.41) is 14.1. The van der Waals surface area contributed by atoms with Gasteiger partial charge in [-0.2, -0.15) is 4.39 Å². The van der Waals surface area contributed by atoms with E-state index in [1.165, 1.54) is 37.8 Å². The van der Waals surface area contributed by atoms with Crippen LogP contribution in [0.15, 0.2) is 18.2 Å². The second kappa shape index (κ2) is 5.38. The molecule has 2 unspecified atom stereocenters. The van der Waals surface area contributed by atoms with Gasteiger partial charge in [-0.05, 0) is 49.7 Å². The standard InChI is InChI=1S/C15H19FN2O2/c16-14-7-6-13(9-15(14)18(19)20)17-12-3-1-2-11(8-12)10-4-5-10/h6-7,9-12,17H,1-5,8H2. The van der Waals surface area contributed by atoms with Gasteiger partial charge in [-0.25, -0.2) is 0 Å². The van der Waals surface area contributed by atoms with Gasteiger partial charge in [-0.15, -0.1) is 0 Å². The lowest BCUT2D eigenvalue weighted by Gasteiger charge is -2.30. The van der Waals surface area contributed by atoms with E-state index in [1.54, 1.807) is 6.07 Å². The molecule has 0 amide bonds. The molecule has 0 spiro atoms. The molecule has 0 bridgehead atoms. The number of rotatable bonds is 4. The molecule has 2 fully saturated rings. The van der Waals surface area contributed by atoms with Crippen LogP contribution < -0.4 is 5.32 Å². The SMILES string of the molecule is O=[N+]([O-])c1cc(NC2CCCC(C3CC3)C2)ccc1F. The zero-order chi connectivity index (χ0) is 14.1. The number of hydrogen-bond donors (Lipinski definition) is 1. The Bertz CT molecular complexity index is 517. The van der Waals surface area contributed by atoms with Crippen LogP contribution in [-0.2, 0) is 0 Å². The van der Waals surface area contributed by atoms with E-state index in [-0.39, 0.29) is 0 Å². The van der Waals surface area contributed by atoms with Crippen LogP contribution in [0.4, 0.5) is 15.8 Å². The molecule has 3 rings (SSSR count). The predicted molar refractivity (Wildman–Crippen MR) is 75.1 cm³/mol.